The van der Waals surface area contributed by atoms with Gasteiger partial charge in [0.25, 0.3) is 0 Å². The molecule has 3 rings (SSSR count). The van der Waals surface area contributed by atoms with Crippen LogP contribution < -0.4 is 4.90 Å². The number of pyridine rings is 1. The van der Waals surface area contributed by atoms with Crippen molar-refractivity contribution in [3.8, 4) is 0 Å². The van der Waals surface area contributed by atoms with Crippen LogP contribution in [0.1, 0.15) is 25.7 Å². The number of hydrogen-bond acceptors (Lipinski definition) is 6. The van der Waals surface area contributed by atoms with Crippen molar-refractivity contribution in [2.45, 2.75) is 25.7 Å². The summed E-state index contributed by atoms with van der Waals surface area (Å²) in [6, 6.07) is 5.67. The molecular formula is C26H36N4O3. The fourth-order valence-electron chi connectivity index (χ4n) is 4.71. The average molecular weight is 453 g/mol. The molecule has 1 aromatic heterocycles. The van der Waals surface area contributed by atoms with Crippen molar-refractivity contribution in [2.24, 2.45) is 11.8 Å². The summed E-state index contributed by atoms with van der Waals surface area (Å²) in [6.45, 7) is 12.8. The zero-order valence-corrected chi connectivity index (χ0v) is 19.7. The molecule has 2 heterocycles. The molecule has 1 amide bonds. The Hall–Kier alpha value is -2.93. The highest BCUT2D eigenvalue weighted by molar-refractivity contribution is 5.94. The number of allylic oxidation sites excluding steroid dienone is 3. The Morgan fingerprint density at radius 1 is 1.12 bits per heavy atom. The quantitative estimate of drug-likeness (QED) is 0.423. The Bertz CT molecular complexity index is 838. The van der Waals surface area contributed by atoms with Gasteiger partial charge in [0.1, 0.15) is 5.82 Å². The lowest BCUT2D eigenvalue weighted by Crippen LogP contribution is -2.49. The van der Waals surface area contributed by atoms with Gasteiger partial charge >= 0.3 is 5.97 Å². The summed E-state index contributed by atoms with van der Waals surface area (Å²) < 4.78 is 4.88. The van der Waals surface area contributed by atoms with Crippen LogP contribution in [0.5, 0.6) is 0 Å². The first-order valence-corrected chi connectivity index (χ1v) is 11.8. The Morgan fingerprint density at radius 2 is 1.82 bits per heavy atom. The first kappa shape index (κ1) is 24.7. The first-order chi connectivity index (χ1) is 16.1. The van der Waals surface area contributed by atoms with E-state index in [1.165, 1.54) is 7.11 Å². The molecule has 2 fully saturated rings. The fraction of sp³-hybridized carbons (Fsp3) is 0.500. The van der Waals surface area contributed by atoms with E-state index < -0.39 is 0 Å². The minimum Gasteiger partial charge on any atom is -0.469 e. The smallest absolute Gasteiger partial charge is 0.308 e. The normalized spacial score (nSPS) is 21.8. The Labute approximate surface area is 197 Å². The number of esters is 1. The van der Waals surface area contributed by atoms with E-state index in [1.807, 2.05) is 35.3 Å². The van der Waals surface area contributed by atoms with Crippen molar-refractivity contribution in [3.63, 3.8) is 0 Å². The Kier molecular flexibility index (Phi) is 9.24. The van der Waals surface area contributed by atoms with Crippen LogP contribution in [0.4, 0.5) is 5.82 Å². The van der Waals surface area contributed by atoms with Crippen LogP contribution >= 0.6 is 0 Å². The third kappa shape index (κ3) is 6.54. The monoisotopic (exact) mass is 452 g/mol. The summed E-state index contributed by atoms with van der Waals surface area (Å²) in [7, 11) is 1.43. The van der Waals surface area contributed by atoms with Gasteiger partial charge in [-0.25, -0.2) is 4.98 Å². The molecule has 0 bridgehead atoms. The van der Waals surface area contributed by atoms with Crippen LogP contribution in [-0.2, 0) is 14.3 Å². The van der Waals surface area contributed by atoms with E-state index in [-0.39, 0.29) is 23.7 Å². The third-order valence-electron chi connectivity index (χ3n) is 6.68. The van der Waals surface area contributed by atoms with Gasteiger partial charge in [0.15, 0.2) is 0 Å². The van der Waals surface area contributed by atoms with Crippen molar-refractivity contribution in [1.82, 2.24) is 14.8 Å². The summed E-state index contributed by atoms with van der Waals surface area (Å²) in [5.41, 5.74) is 1.09. The van der Waals surface area contributed by atoms with E-state index in [4.69, 9.17) is 4.74 Å². The molecule has 0 N–H and O–H groups in total. The van der Waals surface area contributed by atoms with E-state index >= 15 is 0 Å². The van der Waals surface area contributed by atoms with Gasteiger partial charge in [-0.3, -0.25) is 19.4 Å². The molecule has 1 aliphatic heterocycles. The lowest BCUT2D eigenvalue weighted by Gasteiger charge is -2.38. The second kappa shape index (κ2) is 12.3. The largest absolute Gasteiger partial charge is 0.469 e. The molecule has 0 aromatic carbocycles. The minimum absolute atomic E-state index is 0.0797. The van der Waals surface area contributed by atoms with Gasteiger partial charge in [-0.2, -0.15) is 0 Å². The second-order valence-electron chi connectivity index (χ2n) is 8.61. The molecule has 7 nitrogen and oxygen atoms in total. The maximum absolute atomic E-state index is 13.5. The van der Waals surface area contributed by atoms with Crippen molar-refractivity contribution < 1.29 is 14.3 Å². The zero-order valence-electron chi connectivity index (χ0n) is 19.7. The standard InChI is InChI=1S/C26H36N4O3/c1-4-8-23(5-2)29-18-15-28(16-19-29)17-20-30(24-9-6-7-14-27-24)25(31)21-10-12-22(13-11-21)26(32)33-3/h4-9,14,21-22H,1-2,10-13,15-20H2,3H3/b23-8+. The first-order valence-electron chi connectivity index (χ1n) is 11.8. The molecule has 0 radical (unpaired) electrons. The molecule has 2 aliphatic rings. The number of hydrogen-bond donors (Lipinski definition) is 0. The second-order valence-corrected chi connectivity index (χ2v) is 8.61. The van der Waals surface area contributed by atoms with Crippen LogP contribution in [0.3, 0.4) is 0 Å². The number of amides is 1. The van der Waals surface area contributed by atoms with Gasteiger partial charge in [0, 0.05) is 57.1 Å². The van der Waals surface area contributed by atoms with E-state index in [9.17, 15) is 9.59 Å². The predicted molar refractivity (Wildman–Crippen MR) is 131 cm³/mol. The van der Waals surface area contributed by atoms with Crippen LogP contribution in [0.25, 0.3) is 0 Å². The molecule has 33 heavy (non-hydrogen) atoms. The number of aromatic nitrogens is 1. The van der Waals surface area contributed by atoms with Crippen molar-refractivity contribution in [3.05, 3.63) is 61.5 Å². The van der Waals surface area contributed by atoms with Crippen molar-refractivity contribution >= 4 is 17.7 Å². The van der Waals surface area contributed by atoms with Crippen LogP contribution in [0.15, 0.2) is 61.5 Å². The molecule has 1 saturated heterocycles. The summed E-state index contributed by atoms with van der Waals surface area (Å²) in [6.07, 6.45) is 10.2. The fourth-order valence-corrected chi connectivity index (χ4v) is 4.71. The molecule has 1 aromatic rings. The lowest BCUT2D eigenvalue weighted by atomic mass is 9.81. The van der Waals surface area contributed by atoms with Gasteiger partial charge in [-0.05, 0) is 50.0 Å². The van der Waals surface area contributed by atoms with Crippen molar-refractivity contribution in [1.29, 1.82) is 0 Å². The van der Waals surface area contributed by atoms with E-state index in [2.05, 4.69) is 27.9 Å². The topological polar surface area (TPSA) is 66.0 Å². The van der Waals surface area contributed by atoms with Crippen molar-refractivity contribution in [2.75, 3.05) is 51.3 Å². The summed E-state index contributed by atoms with van der Waals surface area (Å²) in [5, 5.41) is 0. The number of nitrogens with zero attached hydrogens (tertiary/aromatic N) is 4. The highest BCUT2D eigenvalue weighted by Crippen LogP contribution is 2.31. The molecule has 1 saturated carbocycles. The summed E-state index contributed by atoms with van der Waals surface area (Å²) in [5.74, 6) is 0.472. The highest BCUT2D eigenvalue weighted by atomic mass is 16.5. The molecular weight excluding hydrogens is 416 g/mol. The van der Waals surface area contributed by atoms with Gasteiger partial charge < -0.3 is 9.64 Å². The van der Waals surface area contributed by atoms with E-state index in [1.54, 1.807) is 12.3 Å². The highest BCUT2D eigenvalue weighted by Gasteiger charge is 2.33. The predicted octanol–water partition coefficient (Wildman–Crippen LogP) is 3.27. The number of ether oxygens (including phenoxy) is 1. The minimum atomic E-state index is -0.163. The number of anilines is 1. The molecule has 0 spiro atoms. The van der Waals surface area contributed by atoms with Crippen LogP contribution in [-0.4, -0.2) is 73.0 Å². The maximum Gasteiger partial charge on any atom is 0.308 e. The molecule has 7 heteroatoms. The lowest BCUT2D eigenvalue weighted by molar-refractivity contribution is -0.147. The van der Waals surface area contributed by atoms with E-state index in [0.717, 1.165) is 38.4 Å². The third-order valence-corrected chi connectivity index (χ3v) is 6.68. The molecule has 1 aliphatic carbocycles. The number of methoxy groups -OCH3 is 1. The number of carbonyl (C=O) groups is 2. The van der Waals surface area contributed by atoms with Crippen LogP contribution in [0.2, 0.25) is 0 Å². The maximum atomic E-state index is 13.5. The number of rotatable bonds is 9. The number of piperazine rings is 1. The molecule has 0 atom stereocenters. The SMILES string of the molecule is C=C/C=C(\C=C)N1CCN(CCN(C(=O)C2CCC(C(=O)OC)CC2)c2ccccn2)CC1. The zero-order chi connectivity index (χ0) is 23.6. The Morgan fingerprint density at radius 3 is 2.39 bits per heavy atom. The van der Waals surface area contributed by atoms with Gasteiger partial charge in [0.2, 0.25) is 5.91 Å². The summed E-state index contributed by atoms with van der Waals surface area (Å²) in [4.78, 5) is 36.3. The van der Waals surface area contributed by atoms with E-state index in [0.29, 0.717) is 38.0 Å². The van der Waals surface area contributed by atoms with Gasteiger partial charge in [-0.1, -0.05) is 25.3 Å². The molecule has 0 unspecified atom stereocenters. The number of carbonyl (C=O) groups excluding carboxylic acids is 2. The summed E-state index contributed by atoms with van der Waals surface area (Å²) >= 11 is 0. The average Bonchev–Trinajstić information content (AvgIpc) is 2.88. The van der Waals surface area contributed by atoms with Crippen LogP contribution in [0, 0.1) is 11.8 Å². The molecule has 178 valence electrons. The van der Waals surface area contributed by atoms with Gasteiger partial charge in [0.05, 0.1) is 13.0 Å². The van der Waals surface area contributed by atoms with Gasteiger partial charge in [-0.15, -0.1) is 0 Å². The Balaban J connectivity index is 1.59.